The molecule has 1 aromatic rings. The van der Waals surface area contributed by atoms with Crippen molar-refractivity contribution >= 4 is 53.1 Å². The molecule has 2 saturated heterocycles. The van der Waals surface area contributed by atoms with Gasteiger partial charge in [0.15, 0.2) is 9.84 Å². The highest BCUT2D eigenvalue weighted by atomic mass is 35.5. The van der Waals surface area contributed by atoms with Crippen LogP contribution in [0.5, 0.6) is 0 Å². The maximum absolute atomic E-state index is 12.8. The predicted molar refractivity (Wildman–Crippen MR) is 103 cm³/mol. The Hall–Kier alpha value is -0.430. The first-order valence-electron chi connectivity index (χ1n) is 8.08. The van der Waals surface area contributed by atoms with E-state index in [1.807, 2.05) is 0 Å². The van der Waals surface area contributed by atoms with E-state index in [9.17, 15) is 25.3 Å². The Balaban J connectivity index is 1.74. The molecule has 2 aliphatic rings. The van der Waals surface area contributed by atoms with Gasteiger partial charge in [-0.1, -0.05) is 23.2 Å². The standard InChI is InChI=1S/C14H18Cl2N2O6S3/c15-11-1-2-13(16)14(9-11)27(23,24)18-6-4-17(5-7-18)26(21,22)12-3-8-25(19,20)10-12/h1-2,9,12H,3-8,10H2. The highest BCUT2D eigenvalue weighted by Crippen LogP contribution is 2.29. The molecule has 0 saturated carbocycles. The summed E-state index contributed by atoms with van der Waals surface area (Å²) in [5.41, 5.74) is 0. The zero-order valence-electron chi connectivity index (χ0n) is 14.1. The summed E-state index contributed by atoms with van der Waals surface area (Å²) < 4.78 is 76.4. The van der Waals surface area contributed by atoms with E-state index in [-0.39, 0.29) is 59.0 Å². The van der Waals surface area contributed by atoms with Crippen LogP contribution in [0.25, 0.3) is 0 Å². The molecular formula is C14H18Cl2N2O6S3. The van der Waals surface area contributed by atoms with E-state index in [1.54, 1.807) is 0 Å². The number of piperazine rings is 1. The van der Waals surface area contributed by atoms with Gasteiger partial charge < -0.3 is 0 Å². The van der Waals surface area contributed by atoms with Crippen LogP contribution in [-0.4, -0.2) is 76.8 Å². The second-order valence-corrected chi connectivity index (χ2v) is 13.6. The van der Waals surface area contributed by atoms with E-state index in [0.29, 0.717) is 0 Å². The Bertz CT molecular complexity index is 1050. The highest BCUT2D eigenvalue weighted by molar-refractivity contribution is 7.95. The van der Waals surface area contributed by atoms with Crippen LogP contribution in [0.2, 0.25) is 10.0 Å². The van der Waals surface area contributed by atoms with Crippen molar-refractivity contribution in [2.75, 3.05) is 37.7 Å². The Morgan fingerprint density at radius 2 is 1.56 bits per heavy atom. The average molecular weight is 477 g/mol. The van der Waals surface area contributed by atoms with E-state index < -0.39 is 35.1 Å². The molecule has 0 amide bonds. The van der Waals surface area contributed by atoms with Crippen LogP contribution >= 0.6 is 23.2 Å². The third kappa shape index (κ3) is 4.29. The van der Waals surface area contributed by atoms with E-state index in [1.165, 1.54) is 22.5 Å². The van der Waals surface area contributed by atoms with Gasteiger partial charge in [-0.15, -0.1) is 0 Å². The summed E-state index contributed by atoms with van der Waals surface area (Å²) in [4.78, 5) is -0.130. The van der Waals surface area contributed by atoms with Crippen molar-refractivity contribution in [2.24, 2.45) is 0 Å². The molecule has 0 aliphatic carbocycles. The van der Waals surface area contributed by atoms with Gasteiger partial charge in [-0.3, -0.25) is 0 Å². The summed E-state index contributed by atoms with van der Waals surface area (Å²) >= 11 is 11.8. The number of nitrogens with zero attached hydrogens (tertiary/aromatic N) is 2. The van der Waals surface area contributed by atoms with Crippen molar-refractivity contribution < 1.29 is 25.3 Å². The van der Waals surface area contributed by atoms with Gasteiger partial charge in [-0.2, -0.15) is 8.61 Å². The van der Waals surface area contributed by atoms with Crippen molar-refractivity contribution in [3.63, 3.8) is 0 Å². The minimum atomic E-state index is -3.92. The molecule has 27 heavy (non-hydrogen) atoms. The second kappa shape index (κ2) is 7.43. The molecule has 0 N–H and O–H groups in total. The average Bonchev–Trinajstić information content (AvgIpc) is 2.98. The number of sulfone groups is 1. The summed E-state index contributed by atoms with van der Waals surface area (Å²) in [6.07, 6.45) is 0.0707. The van der Waals surface area contributed by atoms with Crippen molar-refractivity contribution in [3.8, 4) is 0 Å². The molecule has 2 aliphatic heterocycles. The van der Waals surface area contributed by atoms with Crippen LogP contribution < -0.4 is 0 Å². The smallest absolute Gasteiger partial charge is 0.229 e. The summed E-state index contributed by atoms with van der Waals surface area (Å²) in [7, 11) is -11.1. The summed E-state index contributed by atoms with van der Waals surface area (Å²) in [6.45, 7) is -0.194. The van der Waals surface area contributed by atoms with Gasteiger partial charge >= 0.3 is 0 Å². The molecule has 3 rings (SSSR count). The van der Waals surface area contributed by atoms with Crippen LogP contribution in [0.1, 0.15) is 6.42 Å². The zero-order valence-corrected chi connectivity index (χ0v) is 18.0. The van der Waals surface area contributed by atoms with Gasteiger partial charge in [-0.05, 0) is 24.6 Å². The normalized spacial score (nSPS) is 24.9. The van der Waals surface area contributed by atoms with E-state index >= 15 is 0 Å². The summed E-state index contributed by atoms with van der Waals surface area (Å²) in [5.74, 6) is -0.523. The molecule has 0 bridgehead atoms. The molecule has 152 valence electrons. The van der Waals surface area contributed by atoms with Crippen LogP contribution in [0.3, 0.4) is 0 Å². The first-order valence-corrected chi connectivity index (χ1v) is 13.6. The second-order valence-electron chi connectivity index (χ2n) is 6.45. The molecule has 1 unspecified atom stereocenters. The summed E-state index contributed by atoms with van der Waals surface area (Å²) in [5, 5.41) is -0.708. The number of sulfonamides is 2. The van der Waals surface area contributed by atoms with Gasteiger partial charge in [0.25, 0.3) is 0 Å². The fraction of sp³-hybridized carbons (Fsp3) is 0.571. The molecule has 0 radical (unpaired) electrons. The monoisotopic (exact) mass is 476 g/mol. The van der Waals surface area contributed by atoms with E-state index in [4.69, 9.17) is 23.2 Å². The van der Waals surface area contributed by atoms with Gasteiger partial charge in [0.05, 0.1) is 21.8 Å². The Morgan fingerprint density at radius 3 is 2.11 bits per heavy atom. The third-order valence-electron chi connectivity index (χ3n) is 4.68. The lowest BCUT2D eigenvalue weighted by Crippen LogP contribution is -2.52. The van der Waals surface area contributed by atoms with Crippen LogP contribution in [0.15, 0.2) is 23.1 Å². The molecule has 8 nitrogen and oxygen atoms in total. The Kier molecular flexibility index (Phi) is 5.86. The molecule has 0 spiro atoms. The molecule has 2 heterocycles. The number of rotatable bonds is 4. The fourth-order valence-corrected chi connectivity index (χ4v) is 9.86. The summed E-state index contributed by atoms with van der Waals surface area (Å²) in [6, 6.07) is 4.12. The quantitative estimate of drug-likeness (QED) is 0.635. The SMILES string of the molecule is O=S1(=O)CCC(S(=O)(=O)N2CCN(S(=O)(=O)c3cc(Cl)ccc3Cl)CC2)C1. The van der Waals surface area contributed by atoms with Crippen molar-refractivity contribution in [3.05, 3.63) is 28.2 Å². The zero-order chi connectivity index (χ0) is 20.0. The first-order chi connectivity index (χ1) is 12.4. The highest BCUT2D eigenvalue weighted by Gasteiger charge is 2.42. The van der Waals surface area contributed by atoms with Crippen LogP contribution in [0, 0.1) is 0 Å². The fourth-order valence-electron chi connectivity index (χ4n) is 3.19. The van der Waals surface area contributed by atoms with E-state index in [0.717, 1.165) is 4.31 Å². The lowest BCUT2D eigenvalue weighted by Gasteiger charge is -2.34. The van der Waals surface area contributed by atoms with Gasteiger partial charge in [-0.25, -0.2) is 25.3 Å². The van der Waals surface area contributed by atoms with Crippen LogP contribution in [-0.2, 0) is 29.9 Å². The predicted octanol–water partition coefficient (Wildman–Crippen LogP) is 0.817. The minimum Gasteiger partial charge on any atom is -0.229 e. The number of benzene rings is 1. The largest absolute Gasteiger partial charge is 0.244 e. The van der Waals surface area contributed by atoms with Crippen molar-refractivity contribution in [2.45, 2.75) is 16.6 Å². The molecule has 13 heteroatoms. The Labute approximate surface area is 169 Å². The van der Waals surface area contributed by atoms with E-state index in [2.05, 4.69) is 0 Å². The lowest BCUT2D eigenvalue weighted by molar-refractivity contribution is 0.271. The first kappa shape index (κ1) is 21.3. The molecular weight excluding hydrogens is 459 g/mol. The van der Waals surface area contributed by atoms with Gasteiger partial charge in [0.2, 0.25) is 20.0 Å². The maximum Gasteiger partial charge on any atom is 0.244 e. The topological polar surface area (TPSA) is 109 Å². The lowest BCUT2D eigenvalue weighted by atomic mass is 10.4. The maximum atomic E-state index is 12.8. The number of hydrogen-bond donors (Lipinski definition) is 0. The van der Waals surface area contributed by atoms with Crippen molar-refractivity contribution in [1.82, 2.24) is 8.61 Å². The molecule has 1 aromatic carbocycles. The number of hydrogen-bond acceptors (Lipinski definition) is 6. The molecule has 0 aromatic heterocycles. The minimum absolute atomic E-state index is 0.0330. The Morgan fingerprint density at radius 1 is 0.963 bits per heavy atom. The van der Waals surface area contributed by atoms with Crippen LogP contribution in [0.4, 0.5) is 0 Å². The third-order valence-corrected chi connectivity index (χ3v) is 11.6. The van der Waals surface area contributed by atoms with Gasteiger partial charge in [0, 0.05) is 31.2 Å². The number of halogens is 2. The van der Waals surface area contributed by atoms with Gasteiger partial charge in [0.1, 0.15) is 4.90 Å². The molecule has 1 atom stereocenters. The van der Waals surface area contributed by atoms with Crippen molar-refractivity contribution in [1.29, 1.82) is 0 Å². The molecule has 2 fully saturated rings.